The molecule has 0 heterocycles. The van der Waals surface area contributed by atoms with E-state index in [1.807, 2.05) is 37.6 Å². The lowest BCUT2D eigenvalue weighted by Gasteiger charge is -2.03. The summed E-state index contributed by atoms with van der Waals surface area (Å²) in [5.74, 6) is 0.653. The van der Waals surface area contributed by atoms with Crippen molar-refractivity contribution in [3.63, 3.8) is 0 Å². The highest BCUT2D eigenvalue weighted by atomic mass is 19.1. The fourth-order valence-corrected chi connectivity index (χ4v) is 1.63. The molecule has 2 rings (SSSR count). The zero-order valence-corrected chi connectivity index (χ0v) is 9.69. The van der Waals surface area contributed by atoms with Crippen molar-refractivity contribution in [2.75, 3.05) is 7.11 Å². The minimum atomic E-state index is -0.180. The average molecular weight is 227 g/mol. The summed E-state index contributed by atoms with van der Waals surface area (Å²) >= 11 is 0. The topological polar surface area (TPSA) is 9.23 Å². The van der Waals surface area contributed by atoms with Crippen LogP contribution in [0.2, 0.25) is 0 Å². The molecule has 0 spiro atoms. The van der Waals surface area contributed by atoms with Crippen LogP contribution in [0.3, 0.4) is 0 Å². The van der Waals surface area contributed by atoms with Crippen molar-refractivity contribution in [3.05, 3.63) is 59.9 Å². The van der Waals surface area contributed by atoms with Crippen LogP contribution in [-0.2, 0) is 6.32 Å². The molecule has 0 fully saturated rings. The molecular weight excluding hydrogens is 214 g/mol. The molecule has 0 unspecified atom stereocenters. The van der Waals surface area contributed by atoms with E-state index in [1.165, 1.54) is 6.07 Å². The predicted octanol–water partition coefficient (Wildman–Crippen LogP) is 2.36. The Morgan fingerprint density at radius 3 is 2.41 bits per heavy atom. The van der Waals surface area contributed by atoms with Crippen LogP contribution < -0.4 is 10.2 Å². The van der Waals surface area contributed by atoms with Gasteiger partial charge in [0.05, 0.1) is 7.11 Å². The Bertz CT molecular complexity index is 482. The third-order valence-electron chi connectivity index (χ3n) is 2.62. The Labute approximate surface area is 101 Å². The third kappa shape index (κ3) is 3.10. The molecule has 0 saturated carbocycles. The highest BCUT2D eigenvalue weighted by molar-refractivity contribution is 6.53. The smallest absolute Gasteiger partial charge is 0.160 e. The first-order chi connectivity index (χ1) is 8.29. The van der Waals surface area contributed by atoms with Crippen molar-refractivity contribution in [3.8, 4) is 5.75 Å². The van der Waals surface area contributed by atoms with E-state index >= 15 is 0 Å². The summed E-state index contributed by atoms with van der Waals surface area (Å²) in [7, 11) is 3.53. The summed E-state index contributed by atoms with van der Waals surface area (Å²) in [6.07, 6.45) is 0.713. The van der Waals surface area contributed by atoms with E-state index in [9.17, 15) is 4.39 Å². The van der Waals surface area contributed by atoms with Crippen molar-refractivity contribution in [2.24, 2.45) is 0 Å². The van der Waals surface area contributed by atoms with Gasteiger partial charge in [0, 0.05) is 0 Å². The third-order valence-corrected chi connectivity index (χ3v) is 2.62. The first kappa shape index (κ1) is 11.7. The lowest BCUT2D eigenvalue weighted by Crippen LogP contribution is -2.20. The van der Waals surface area contributed by atoms with E-state index in [0.717, 1.165) is 11.3 Å². The predicted molar refractivity (Wildman–Crippen MR) is 68.5 cm³/mol. The van der Waals surface area contributed by atoms with Crippen LogP contribution >= 0.6 is 0 Å². The number of methoxy groups -OCH3 is 1. The second-order valence-corrected chi connectivity index (χ2v) is 3.78. The van der Waals surface area contributed by atoms with Crippen LogP contribution in [0, 0.1) is 5.82 Å². The molecular formula is C14H13BFO. The number of ether oxygens (including phenoxy) is 1. The highest BCUT2D eigenvalue weighted by Gasteiger charge is 2.03. The molecule has 1 nitrogen and oxygen atoms in total. The number of hydrogen-bond acceptors (Lipinski definition) is 1. The number of halogens is 1. The van der Waals surface area contributed by atoms with E-state index in [2.05, 4.69) is 0 Å². The molecule has 0 aliphatic rings. The Balaban J connectivity index is 2.00. The molecule has 0 aromatic heterocycles. The molecule has 0 amide bonds. The molecule has 0 saturated heterocycles. The van der Waals surface area contributed by atoms with Crippen molar-refractivity contribution in [1.82, 2.24) is 0 Å². The Morgan fingerprint density at radius 2 is 1.76 bits per heavy atom. The van der Waals surface area contributed by atoms with Crippen LogP contribution in [-0.4, -0.2) is 14.4 Å². The van der Waals surface area contributed by atoms with E-state index < -0.39 is 0 Å². The minimum Gasteiger partial charge on any atom is -0.497 e. The lowest BCUT2D eigenvalue weighted by atomic mass is 9.65. The molecule has 17 heavy (non-hydrogen) atoms. The molecule has 1 radical (unpaired) electrons. The van der Waals surface area contributed by atoms with Crippen molar-refractivity contribution in [1.29, 1.82) is 0 Å². The SMILES string of the molecule is COc1ccc(C[B]c2ccccc2F)cc1. The molecule has 0 atom stereocenters. The normalized spacial score (nSPS) is 10.0. The molecule has 3 heteroatoms. The van der Waals surface area contributed by atoms with Gasteiger partial charge in [0.15, 0.2) is 7.28 Å². The van der Waals surface area contributed by atoms with Crippen LogP contribution in [0.15, 0.2) is 48.5 Å². The number of rotatable bonds is 4. The van der Waals surface area contributed by atoms with Gasteiger partial charge in [0.1, 0.15) is 11.6 Å². The Kier molecular flexibility index (Phi) is 3.81. The summed E-state index contributed by atoms with van der Waals surface area (Å²) in [5.41, 5.74) is 1.78. The molecule has 0 aliphatic heterocycles. The fourth-order valence-electron chi connectivity index (χ4n) is 1.63. The van der Waals surface area contributed by atoms with Gasteiger partial charge < -0.3 is 4.74 Å². The average Bonchev–Trinajstić information content (AvgIpc) is 2.38. The van der Waals surface area contributed by atoms with Gasteiger partial charge in [0.2, 0.25) is 0 Å². The summed E-state index contributed by atoms with van der Waals surface area (Å²) in [6.45, 7) is 0. The van der Waals surface area contributed by atoms with Gasteiger partial charge >= 0.3 is 0 Å². The lowest BCUT2D eigenvalue weighted by molar-refractivity contribution is 0.414. The molecule has 2 aromatic rings. The second kappa shape index (κ2) is 5.53. The van der Waals surface area contributed by atoms with Crippen molar-refractivity contribution in [2.45, 2.75) is 6.32 Å². The van der Waals surface area contributed by atoms with Gasteiger partial charge in [-0.1, -0.05) is 41.4 Å². The molecule has 2 aromatic carbocycles. The summed E-state index contributed by atoms with van der Waals surface area (Å²) in [4.78, 5) is 0. The molecule has 85 valence electrons. The Hall–Kier alpha value is -1.77. The van der Waals surface area contributed by atoms with E-state index in [0.29, 0.717) is 11.8 Å². The standard InChI is InChI=1S/C14H13BFO/c1-17-12-8-6-11(7-9-12)10-15-13-4-2-3-5-14(13)16/h2-9H,10H2,1H3. The van der Waals surface area contributed by atoms with Gasteiger partial charge in [-0.25, -0.2) is 4.39 Å². The van der Waals surface area contributed by atoms with Gasteiger partial charge in [-0.05, 0) is 24.5 Å². The fraction of sp³-hybridized carbons (Fsp3) is 0.143. The first-order valence-corrected chi connectivity index (χ1v) is 5.50. The maximum absolute atomic E-state index is 13.4. The van der Waals surface area contributed by atoms with E-state index in [4.69, 9.17) is 4.74 Å². The van der Waals surface area contributed by atoms with Gasteiger partial charge in [-0.3, -0.25) is 0 Å². The Morgan fingerprint density at radius 1 is 1.06 bits per heavy atom. The van der Waals surface area contributed by atoms with Crippen molar-refractivity contribution >= 4 is 12.7 Å². The summed E-state index contributed by atoms with van der Waals surface area (Å²) in [5, 5.41) is 0. The number of hydrogen-bond donors (Lipinski definition) is 0. The maximum atomic E-state index is 13.4. The van der Waals surface area contributed by atoms with Gasteiger partial charge in [0.25, 0.3) is 0 Å². The molecule has 0 N–H and O–H groups in total. The molecule has 0 bridgehead atoms. The maximum Gasteiger partial charge on any atom is 0.160 e. The van der Waals surface area contributed by atoms with Gasteiger partial charge in [-0.2, -0.15) is 0 Å². The van der Waals surface area contributed by atoms with Crippen LogP contribution in [0.1, 0.15) is 5.56 Å². The molecule has 0 aliphatic carbocycles. The number of benzene rings is 2. The largest absolute Gasteiger partial charge is 0.497 e. The van der Waals surface area contributed by atoms with Gasteiger partial charge in [-0.15, -0.1) is 0 Å². The van der Waals surface area contributed by atoms with Crippen molar-refractivity contribution < 1.29 is 9.13 Å². The zero-order chi connectivity index (χ0) is 12.1. The van der Waals surface area contributed by atoms with E-state index in [-0.39, 0.29) is 5.82 Å². The van der Waals surface area contributed by atoms with E-state index in [1.54, 1.807) is 19.2 Å². The summed E-state index contributed by atoms with van der Waals surface area (Å²) < 4.78 is 18.4. The van der Waals surface area contributed by atoms with Crippen LogP contribution in [0.5, 0.6) is 5.75 Å². The zero-order valence-electron chi connectivity index (χ0n) is 9.69. The summed E-state index contributed by atoms with van der Waals surface area (Å²) in [6, 6.07) is 14.6. The highest BCUT2D eigenvalue weighted by Crippen LogP contribution is 2.11. The monoisotopic (exact) mass is 227 g/mol. The quantitative estimate of drug-likeness (QED) is 0.728. The van der Waals surface area contributed by atoms with Crippen LogP contribution in [0.4, 0.5) is 4.39 Å². The minimum absolute atomic E-state index is 0.180. The second-order valence-electron chi connectivity index (χ2n) is 3.78. The first-order valence-electron chi connectivity index (χ1n) is 5.50. The van der Waals surface area contributed by atoms with Crippen LogP contribution in [0.25, 0.3) is 0 Å².